The van der Waals surface area contributed by atoms with Gasteiger partial charge in [-0.3, -0.25) is 0 Å². The topological polar surface area (TPSA) is 96.5 Å². The standard InChI is InChI=1S/C17H15N3O5/c1-11-15(17(22)23-2)7-14(25-11)8-24-16(21)12-3-5-13(6-4-12)20-10-18-9-19-20/h3-7,9-10H,8H2,1-2H3. The molecule has 0 atom stereocenters. The minimum atomic E-state index is -0.501. The summed E-state index contributed by atoms with van der Waals surface area (Å²) >= 11 is 0. The van der Waals surface area contributed by atoms with Crippen molar-refractivity contribution in [1.29, 1.82) is 0 Å². The van der Waals surface area contributed by atoms with Crippen molar-refractivity contribution in [3.8, 4) is 5.69 Å². The average Bonchev–Trinajstić information content (AvgIpc) is 3.29. The van der Waals surface area contributed by atoms with E-state index in [1.54, 1.807) is 42.2 Å². The molecule has 0 amide bonds. The maximum Gasteiger partial charge on any atom is 0.341 e. The van der Waals surface area contributed by atoms with E-state index in [4.69, 9.17) is 9.15 Å². The lowest BCUT2D eigenvalue weighted by atomic mass is 10.2. The molecule has 8 nitrogen and oxygen atoms in total. The van der Waals surface area contributed by atoms with Gasteiger partial charge in [0.1, 0.15) is 36.3 Å². The van der Waals surface area contributed by atoms with Crippen LogP contribution in [0.15, 0.2) is 47.4 Å². The summed E-state index contributed by atoms with van der Waals surface area (Å²) in [5, 5.41) is 4.01. The van der Waals surface area contributed by atoms with Crippen molar-refractivity contribution in [2.24, 2.45) is 0 Å². The van der Waals surface area contributed by atoms with Gasteiger partial charge in [0.25, 0.3) is 0 Å². The van der Waals surface area contributed by atoms with E-state index in [1.165, 1.54) is 19.5 Å². The molecule has 0 aliphatic heterocycles. The molecule has 0 saturated heterocycles. The van der Waals surface area contributed by atoms with E-state index >= 15 is 0 Å². The van der Waals surface area contributed by atoms with E-state index < -0.39 is 11.9 Å². The number of aryl methyl sites for hydroxylation is 1. The Hall–Kier alpha value is -3.42. The van der Waals surface area contributed by atoms with Crippen LogP contribution >= 0.6 is 0 Å². The number of carbonyl (C=O) groups excluding carboxylic acids is 2. The largest absolute Gasteiger partial charge is 0.465 e. The van der Waals surface area contributed by atoms with Crippen LogP contribution < -0.4 is 0 Å². The number of aromatic nitrogens is 3. The Bertz CT molecular complexity index is 882. The van der Waals surface area contributed by atoms with Gasteiger partial charge < -0.3 is 13.9 Å². The van der Waals surface area contributed by atoms with Gasteiger partial charge in [-0.1, -0.05) is 0 Å². The lowest BCUT2D eigenvalue weighted by Crippen LogP contribution is -2.05. The SMILES string of the molecule is COC(=O)c1cc(COC(=O)c2ccc(-n3cncn3)cc2)oc1C. The summed E-state index contributed by atoms with van der Waals surface area (Å²) < 4.78 is 16.8. The zero-order valence-electron chi connectivity index (χ0n) is 13.6. The molecule has 25 heavy (non-hydrogen) atoms. The van der Waals surface area contributed by atoms with Gasteiger partial charge in [0.15, 0.2) is 0 Å². The normalized spacial score (nSPS) is 10.5. The summed E-state index contributed by atoms with van der Waals surface area (Å²) in [5.41, 5.74) is 1.48. The minimum Gasteiger partial charge on any atom is -0.465 e. The Morgan fingerprint density at radius 1 is 1.20 bits per heavy atom. The van der Waals surface area contributed by atoms with Gasteiger partial charge in [-0.25, -0.2) is 19.3 Å². The molecule has 128 valence electrons. The Morgan fingerprint density at radius 2 is 1.96 bits per heavy atom. The fourth-order valence-electron chi connectivity index (χ4n) is 2.24. The Labute approximate surface area is 143 Å². The smallest absolute Gasteiger partial charge is 0.341 e. The van der Waals surface area contributed by atoms with Crippen LogP contribution in [0.25, 0.3) is 5.69 Å². The van der Waals surface area contributed by atoms with Crippen LogP contribution in [0.5, 0.6) is 0 Å². The molecule has 0 aliphatic carbocycles. The first-order chi connectivity index (χ1) is 12.1. The molecular formula is C17H15N3O5. The van der Waals surface area contributed by atoms with Crippen LogP contribution in [-0.2, 0) is 16.1 Å². The van der Waals surface area contributed by atoms with Crippen molar-refractivity contribution >= 4 is 11.9 Å². The highest BCUT2D eigenvalue weighted by Gasteiger charge is 2.16. The first-order valence-corrected chi connectivity index (χ1v) is 7.38. The average molecular weight is 341 g/mol. The van der Waals surface area contributed by atoms with Gasteiger partial charge in [0.05, 0.1) is 18.4 Å². The first-order valence-electron chi connectivity index (χ1n) is 7.38. The highest BCUT2D eigenvalue weighted by Crippen LogP contribution is 2.17. The number of carbonyl (C=O) groups is 2. The van der Waals surface area contributed by atoms with Crippen molar-refractivity contribution < 1.29 is 23.5 Å². The van der Waals surface area contributed by atoms with Gasteiger partial charge in [0, 0.05) is 0 Å². The van der Waals surface area contributed by atoms with Crippen molar-refractivity contribution in [1.82, 2.24) is 14.8 Å². The van der Waals surface area contributed by atoms with Crippen LogP contribution in [0.4, 0.5) is 0 Å². The second-order valence-corrected chi connectivity index (χ2v) is 5.14. The van der Waals surface area contributed by atoms with E-state index in [-0.39, 0.29) is 6.61 Å². The summed E-state index contributed by atoms with van der Waals surface area (Å²) in [5.74, 6) is -0.220. The highest BCUT2D eigenvalue weighted by molar-refractivity contribution is 5.91. The Morgan fingerprint density at radius 3 is 2.60 bits per heavy atom. The van der Waals surface area contributed by atoms with Gasteiger partial charge in [0.2, 0.25) is 0 Å². The fraction of sp³-hybridized carbons (Fsp3) is 0.176. The summed E-state index contributed by atoms with van der Waals surface area (Å²) in [6.07, 6.45) is 2.99. The molecule has 0 fully saturated rings. The molecule has 3 aromatic rings. The zero-order valence-corrected chi connectivity index (χ0v) is 13.6. The Balaban J connectivity index is 1.64. The second-order valence-electron chi connectivity index (χ2n) is 5.14. The fourth-order valence-corrected chi connectivity index (χ4v) is 2.24. The molecule has 1 aromatic carbocycles. The van der Waals surface area contributed by atoms with Gasteiger partial charge in [-0.2, -0.15) is 5.10 Å². The molecule has 0 N–H and O–H groups in total. The van der Waals surface area contributed by atoms with Gasteiger partial charge >= 0.3 is 11.9 Å². The number of furan rings is 1. The number of nitrogens with zero attached hydrogens (tertiary/aromatic N) is 3. The molecule has 2 aromatic heterocycles. The van der Waals surface area contributed by atoms with E-state index in [0.717, 1.165) is 5.69 Å². The number of benzene rings is 1. The van der Waals surface area contributed by atoms with Gasteiger partial charge in [-0.15, -0.1) is 0 Å². The molecule has 3 rings (SSSR count). The lowest BCUT2D eigenvalue weighted by Gasteiger charge is -2.04. The molecule has 0 bridgehead atoms. The van der Waals surface area contributed by atoms with Crippen molar-refractivity contribution in [2.75, 3.05) is 7.11 Å². The van der Waals surface area contributed by atoms with Crippen LogP contribution in [0, 0.1) is 6.92 Å². The summed E-state index contributed by atoms with van der Waals surface area (Å²) in [7, 11) is 1.29. The Kier molecular flexibility index (Phi) is 4.60. The van der Waals surface area contributed by atoms with E-state index in [0.29, 0.717) is 22.6 Å². The summed E-state index contributed by atoms with van der Waals surface area (Å²) in [6.45, 7) is 1.56. The van der Waals surface area contributed by atoms with Crippen LogP contribution in [-0.4, -0.2) is 33.8 Å². The molecule has 0 saturated carbocycles. The first kappa shape index (κ1) is 16.4. The molecule has 8 heteroatoms. The van der Waals surface area contributed by atoms with Crippen LogP contribution in [0.2, 0.25) is 0 Å². The number of hydrogen-bond donors (Lipinski definition) is 0. The molecule has 2 heterocycles. The third-order valence-electron chi connectivity index (χ3n) is 3.51. The van der Waals surface area contributed by atoms with E-state index in [2.05, 4.69) is 14.8 Å². The predicted molar refractivity (Wildman–Crippen MR) is 85.3 cm³/mol. The molecule has 0 aliphatic rings. The van der Waals surface area contributed by atoms with E-state index in [1.807, 2.05) is 0 Å². The monoisotopic (exact) mass is 341 g/mol. The van der Waals surface area contributed by atoms with Crippen molar-refractivity contribution in [3.05, 3.63) is 65.6 Å². The number of hydrogen-bond acceptors (Lipinski definition) is 7. The quantitative estimate of drug-likeness (QED) is 0.657. The van der Waals surface area contributed by atoms with Crippen LogP contribution in [0.3, 0.4) is 0 Å². The lowest BCUT2D eigenvalue weighted by molar-refractivity contribution is 0.0444. The maximum atomic E-state index is 12.1. The molecule has 0 spiro atoms. The summed E-state index contributed by atoms with van der Waals surface area (Å²) in [4.78, 5) is 27.5. The third-order valence-corrected chi connectivity index (χ3v) is 3.51. The third kappa shape index (κ3) is 3.57. The zero-order chi connectivity index (χ0) is 17.8. The van der Waals surface area contributed by atoms with Gasteiger partial charge in [-0.05, 0) is 37.3 Å². The highest BCUT2D eigenvalue weighted by atomic mass is 16.5. The van der Waals surface area contributed by atoms with Crippen molar-refractivity contribution in [2.45, 2.75) is 13.5 Å². The predicted octanol–water partition coefficient (Wildman–Crippen LogP) is 2.31. The maximum absolute atomic E-state index is 12.1. The molecule has 0 unspecified atom stereocenters. The van der Waals surface area contributed by atoms with Crippen molar-refractivity contribution in [3.63, 3.8) is 0 Å². The van der Waals surface area contributed by atoms with E-state index in [9.17, 15) is 9.59 Å². The number of rotatable bonds is 5. The number of ether oxygens (including phenoxy) is 2. The number of esters is 2. The molecule has 0 radical (unpaired) electrons. The summed E-state index contributed by atoms with van der Waals surface area (Å²) in [6, 6.07) is 8.23. The number of methoxy groups -OCH3 is 1. The van der Waals surface area contributed by atoms with Crippen LogP contribution in [0.1, 0.15) is 32.2 Å². The molecular weight excluding hydrogens is 326 g/mol. The minimum absolute atomic E-state index is 0.0819. The second kappa shape index (κ2) is 7.00.